The molecule has 2 N–H and O–H groups in total. The van der Waals surface area contributed by atoms with E-state index < -0.39 is 6.10 Å². The number of benzene rings is 2. The van der Waals surface area contributed by atoms with Gasteiger partial charge in [0.1, 0.15) is 5.75 Å². The van der Waals surface area contributed by atoms with Crippen molar-refractivity contribution < 1.29 is 14.6 Å². The number of carbonyl (C=O) groups excluding carboxylic acids is 1. The highest BCUT2D eigenvalue weighted by Gasteiger charge is 2.28. The molecule has 0 spiro atoms. The summed E-state index contributed by atoms with van der Waals surface area (Å²) >= 11 is 1.43. The average Bonchev–Trinajstić information content (AvgIpc) is 3.15. The lowest BCUT2D eigenvalue weighted by atomic mass is 9.87. The fourth-order valence-corrected chi connectivity index (χ4v) is 4.48. The van der Waals surface area contributed by atoms with Crippen molar-refractivity contribution in [2.75, 3.05) is 25.5 Å². The zero-order valence-corrected chi connectivity index (χ0v) is 16.5. The SMILES string of the molecule is COc1ccc2nc(NC(=O)N3CCC([C@H](O)c4ccccc4)CC3)sc2c1. The number of nitrogens with one attached hydrogen (secondary N) is 1. The molecule has 1 aliphatic rings. The van der Waals surface area contributed by atoms with Gasteiger partial charge < -0.3 is 14.7 Å². The first-order valence-electron chi connectivity index (χ1n) is 9.37. The third-order valence-corrected chi connectivity index (χ3v) is 6.16. The van der Waals surface area contributed by atoms with Crippen LogP contribution >= 0.6 is 11.3 Å². The highest BCUT2D eigenvalue weighted by molar-refractivity contribution is 7.22. The molecule has 0 bridgehead atoms. The van der Waals surface area contributed by atoms with E-state index in [-0.39, 0.29) is 11.9 Å². The van der Waals surface area contributed by atoms with Crippen LogP contribution in [0, 0.1) is 5.92 Å². The summed E-state index contributed by atoms with van der Waals surface area (Å²) in [5.41, 5.74) is 1.78. The zero-order chi connectivity index (χ0) is 19.5. The molecule has 4 rings (SSSR count). The number of fused-ring (bicyclic) bond motifs is 1. The number of aromatic nitrogens is 1. The van der Waals surface area contributed by atoms with Gasteiger partial charge in [-0.1, -0.05) is 41.7 Å². The first-order chi connectivity index (χ1) is 13.6. The predicted octanol–water partition coefficient (Wildman–Crippen LogP) is 4.28. The summed E-state index contributed by atoms with van der Waals surface area (Å²) in [6.07, 6.45) is 1.08. The smallest absolute Gasteiger partial charge is 0.323 e. The second kappa shape index (κ2) is 8.16. The standard InChI is InChI=1S/C21H23N3O3S/c1-27-16-7-8-17-18(13-16)28-20(22-17)23-21(26)24-11-9-15(10-12-24)19(25)14-5-3-2-4-6-14/h2-8,13,15,19,25H,9-12H2,1H3,(H,22,23,26)/t19-/m1/s1. The number of rotatable bonds is 4. The van der Waals surface area contributed by atoms with Gasteiger partial charge >= 0.3 is 6.03 Å². The van der Waals surface area contributed by atoms with Gasteiger partial charge in [-0.15, -0.1) is 0 Å². The Kier molecular flexibility index (Phi) is 5.45. The Morgan fingerprint density at radius 3 is 2.71 bits per heavy atom. The summed E-state index contributed by atoms with van der Waals surface area (Å²) in [7, 11) is 1.63. The number of urea groups is 1. The molecule has 0 radical (unpaired) electrons. The number of methoxy groups -OCH3 is 1. The second-order valence-electron chi connectivity index (χ2n) is 6.96. The summed E-state index contributed by atoms with van der Waals surface area (Å²) in [6.45, 7) is 1.25. The molecule has 28 heavy (non-hydrogen) atoms. The fraction of sp³-hybridized carbons (Fsp3) is 0.333. The zero-order valence-electron chi connectivity index (χ0n) is 15.7. The summed E-state index contributed by atoms with van der Waals surface area (Å²) in [4.78, 5) is 18.9. The van der Waals surface area contributed by atoms with Gasteiger partial charge in [-0.2, -0.15) is 0 Å². The molecule has 146 valence electrons. The number of aliphatic hydroxyl groups excluding tert-OH is 1. The van der Waals surface area contributed by atoms with Gasteiger partial charge in [-0.05, 0) is 42.5 Å². The number of amides is 2. The first kappa shape index (κ1) is 18.7. The third-order valence-electron chi connectivity index (χ3n) is 5.22. The van der Waals surface area contributed by atoms with Gasteiger partial charge in [0.2, 0.25) is 0 Å². The van der Waals surface area contributed by atoms with Gasteiger partial charge in [-0.25, -0.2) is 9.78 Å². The van der Waals surface area contributed by atoms with E-state index in [9.17, 15) is 9.90 Å². The summed E-state index contributed by atoms with van der Waals surface area (Å²) in [5, 5.41) is 14.1. The van der Waals surface area contributed by atoms with Gasteiger partial charge in [0, 0.05) is 13.1 Å². The molecule has 2 heterocycles. The average molecular weight is 398 g/mol. The van der Waals surface area contributed by atoms with E-state index in [1.54, 1.807) is 12.0 Å². The maximum absolute atomic E-state index is 12.6. The number of aliphatic hydroxyl groups is 1. The van der Waals surface area contributed by atoms with Crippen LogP contribution in [0.4, 0.5) is 9.93 Å². The molecule has 1 fully saturated rings. The molecule has 0 aliphatic carbocycles. The van der Waals surface area contributed by atoms with Crippen LogP contribution in [0.2, 0.25) is 0 Å². The van der Waals surface area contributed by atoms with Crippen LogP contribution in [0.1, 0.15) is 24.5 Å². The Balaban J connectivity index is 1.35. The van der Waals surface area contributed by atoms with Crippen molar-refractivity contribution >= 4 is 32.7 Å². The molecule has 2 aromatic carbocycles. The lowest BCUT2D eigenvalue weighted by molar-refractivity contribution is 0.0683. The molecular weight excluding hydrogens is 374 g/mol. The van der Waals surface area contributed by atoms with Gasteiger partial charge in [-0.3, -0.25) is 5.32 Å². The quantitative estimate of drug-likeness (QED) is 0.689. The fourth-order valence-electron chi connectivity index (χ4n) is 3.60. The monoisotopic (exact) mass is 397 g/mol. The molecule has 6 nitrogen and oxygen atoms in total. The van der Waals surface area contributed by atoms with Gasteiger partial charge in [0.25, 0.3) is 0 Å². The van der Waals surface area contributed by atoms with E-state index in [1.807, 2.05) is 48.5 Å². The van der Waals surface area contributed by atoms with Gasteiger partial charge in [0.05, 0.1) is 23.4 Å². The normalized spacial score (nSPS) is 16.1. The molecule has 1 aliphatic heterocycles. The molecule has 7 heteroatoms. The van der Waals surface area contributed by atoms with Crippen molar-refractivity contribution in [3.8, 4) is 5.75 Å². The highest BCUT2D eigenvalue weighted by Crippen LogP contribution is 2.32. The van der Waals surface area contributed by atoms with Crippen LogP contribution in [0.25, 0.3) is 10.2 Å². The number of hydrogen-bond acceptors (Lipinski definition) is 5. The molecule has 0 saturated carbocycles. The number of hydrogen-bond donors (Lipinski definition) is 2. The lowest BCUT2D eigenvalue weighted by Crippen LogP contribution is -2.42. The van der Waals surface area contributed by atoms with Crippen LogP contribution in [-0.2, 0) is 0 Å². The number of nitrogens with zero attached hydrogens (tertiary/aromatic N) is 2. The predicted molar refractivity (Wildman–Crippen MR) is 111 cm³/mol. The van der Waals surface area contributed by atoms with Crippen LogP contribution in [-0.4, -0.2) is 41.2 Å². The molecule has 0 unspecified atom stereocenters. The number of anilines is 1. The Labute approximate surface area is 167 Å². The largest absolute Gasteiger partial charge is 0.497 e. The van der Waals surface area contributed by atoms with Crippen LogP contribution in [0.3, 0.4) is 0 Å². The van der Waals surface area contributed by atoms with E-state index in [1.165, 1.54) is 11.3 Å². The van der Waals surface area contributed by atoms with E-state index in [0.717, 1.165) is 34.4 Å². The Morgan fingerprint density at radius 1 is 1.25 bits per heavy atom. The molecule has 2 amide bonds. The van der Waals surface area contributed by atoms with Crippen molar-refractivity contribution in [3.05, 3.63) is 54.1 Å². The van der Waals surface area contributed by atoms with Crippen molar-refractivity contribution in [3.63, 3.8) is 0 Å². The van der Waals surface area contributed by atoms with E-state index >= 15 is 0 Å². The lowest BCUT2D eigenvalue weighted by Gasteiger charge is -2.34. The first-order valence-corrected chi connectivity index (χ1v) is 10.2. The number of carbonyl (C=O) groups is 1. The number of ether oxygens (including phenoxy) is 1. The molecule has 1 atom stereocenters. The Bertz CT molecular complexity index is 952. The minimum Gasteiger partial charge on any atom is -0.497 e. The van der Waals surface area contributed by atoms with E-state index in [4.69, 9.17) is 4.74 Å². The third kappa shape index (κ3) is 3.95. The summed E-state index contributed by atoms with van der Waals surface area (Å²) < 4.78 is 6.20. The van der Waals surface area contributed by atoms with E-state index in [2.05, 4.69) is 10.3 Å². The van der Waals surface area contributed by atoms with Crippen molar-refractivity contribution in [2.45, 2.75) is 18.9 Å². The molecule has 1 aromatic heterocycles. The highest BCUT2D eigenvalue weighted by atomic mass is 32.1. The minimum atomic E-state index is -0.481. The number of thiazole rings is 1. The Hall–Kier alpha value is -2.64. The molecule has 1 saturated heterocycles. The van der Waals surface area contributed by atoms with Crippen LogP contribution in [0.5, 0.6) is 5.75 Å². The van der Waals surface area contributed by atoms with Crippen molar-refractivity contribution in [1.82, 2.24) is 9.88 Å². The molecular formula is C21H23N3O3S. The van der Waals surface area contributed by atoms with Crippen molar-refractivity contribution in [1.29, 1.82) is 0 Å². The van der Waals surface area contributed by atoms with Crippen LogP contribution in [0.15, 0.2) is 48.5 Å². The summed E-state index contributed by atoms with van der Waals surface area (Å²) in [5.74, 6) is 0.939. The maximum Gasteiger partial charge on any atom is 0.323 e. The molecule has 3 aromatic rings. The summed E-state index contributed by atoms with van der Waals surface area (Å²) in [6, 6.07) is 15.2. The van der Waals surface area contributed by atoms with E-state index in [0.29, 0.717) is 18.2 Å². The topological polar surface area (TPSA) is 74.7 Å². The van der Waals surface area contributed by atoms with Crippen molar-refractivity contribution in [2.24, 2.45) is 5.92 Å². The number of likely N-dealkylation sites (tertiary alicyclic amines) is 1. The second-order valence-corrected chi connectivity index (χ2v) is 7.99. The van der Waals surface area contributed by atoms with Gasteiger partial charge in [0.15, 0.2) is 5.13 Å². The van der Waals surface area contributed by atoms with Crippen LogP contribution < -0.4 is 10.1 Å². The minimum absolute atomic E-state index is 0.140. The Morgan fingerprint density at radius 2 is 2.00 bits per heavy atom. The maximum atomic E-state index is 12.6. The number of piperidine rings is 1.